The van der Waals surface area contributed by atoms with Gasteiger partial charge in [-0.3, -0.25) is 14.6 Å². The highest BCUT2D eigenvalue weighted by Gasteiger charge is 2.42. The van der Waals surface area contributed by atoms with E-state index in [9.17, 15) is 9.59 Å². The number of carbonyl (C=O) groups excluding carboxylic acids is 2. The average molecular weight is 555 g/mol. The number of nitrogens with one attached hydrogen (secondary N) is 1. The first kappa shape index (κ1) is 27.5. The van der Waals surface area contributed by atoms with E-state index in [4.69, 9.17) is 4.74 Å². The summed E-state index contributed by atoms with van der Waals surface area (Å²) in [5, 5.41) is 3.30. The van der Waals surface area contributed by atoms with Crippen molar-refractivity contribution in [3.05, 3.63) is 77.4 Å². The van der Waals surface area contributed by atoms with Gasteiger partial charge in [-0.25, -0.2) is 9.97 Å². The van der Waals surface area contributed by atoms with E-state index in [0.717, 1.165) is 56.7 Å². The van der Waals surface area contributed by atoms with Gasteiger partial charge in [0.1, 0.15) is 0 Å². The van der Waals surface area contributed by atoms with Gasteiger partial charge < -0.3 is 19.9 Å². The number of hydrogen-bond acceptors (Lipinski definition) is 7. The van der Waals surface area contributed by atoms with Gasteiger partial charge in [-0.1, -0.05) is 30.3 Å². The summed E-state index contributed by atoms with van der Waals surface area (Å²) in [5.74, 6) is 1.60. The zero-order valence-corrected chi connectivity index (χ0v) is 23.8. The quantitative estimate of drug-likeness (QED) is 0.455. The van der Waals surface area contributed by atoms with Crippen LogP contribution in [-0.2, 0) is 9.53 Å². The summed E-state index contributed by atoms with van der Waals surface area (Å²) in [6.45, 7) is 9.32. The van der Waals surface area contributed by atoms with Crippen molar-refractivity contribution in [3.63, 3.8) is 0 Å². The van der Waals surface area contributed by atoms with Crippen LogP contribution in [-0.4, -0.2) is 82.5 Å². The van der Waals surface area contributed by atoms with Crippen LogP contribution >= 0.6 is 0 Å². The highest BCUT2D eigenvalue weighted by atomic mass is 16.5. The second-order valence-electron chi connectivity index (χ2n) is 11.6. The number of nitrogens with zero attached hydrogens (tertiary/aromatic N) is 5. The highest BCUT2D eigenvalue weighted by Crippen LogP contribution is 2.33. The molecule has 0 bridgehead atoms. The molecule has 5 heterocycles. The Morgan fingerprint density at radius 1 is 0.976 bits per heavy atom. The molecule has 0 spiro atoms. The molecule has 214 valence electrons. The Kier molecular flexibility index (Phi) is 8.07. The summed E-state index contributed by atoms with van der Waals surface area (Å²) in [6.07, 6.45) is 5.08. The lowest BCUT2D eigenvalue weighted by Gasteiger charge is -2.26. The van der Waals surface area contributed by atoms with Crippen LogP contribution in [0, 0.1) is 31.6 Å². The minimum Gasteiger partial charge on any atom is -0.381 e. The number of carbonyl (C=O) groups is 2. The van der Waals surface area contributed by atoms with Crippen LogP contribution in [0.5, 0.6) is 0 Å². The molecule has 4 atom stereocenters. The molecule has 0 radical (unpaired) electrons. The lowest BCUT2D eigenvalue weighted by molar-refractivity contribution is -0.125. The van der Waals surface area contributed by atoms with Crippen LogP contribution in [0.1, 0.15) is 46.2 Å². The van der Waals surface area contributed by atoms with Gasteiger partial charge in [0.15, 0.2) is 5.82 Å². The topological polar surface area (TPSA) is 101 Å². The molecule has 0 saturated carbocycles. The minimum absolute atomic E-state index is 0.0242. The van der Waals surface area contributed by atoms with E-state index >= 15 is 0 Å². The van der Waals surface area contributed by atoms with Crippen LogP contribution in [0.3, 0.4) is 0 Å². The molecule has 2 amide bonds. The second kappa shape index (κ2) is 12.0. The maximum Gasteiger partial charge on any atom is 0.257 e. The second-order valence-corrected chi connectivity index (χ2v) is 11.6. The van der Waals surface area contributed by atoms with Crippen molar-refractivity contribution in [1.82, 2.24) is 30.1 Å². The first-order valence-electron chi connectivity index (χ1n) is 14.7. The Morgan fingerprint density at radius 3 is 2.29 bits per heavy atom. The lowest BCUT2D eigenvalue weighted by atomic mass is 10.0. The fraction of sp³-hybridized carbons (Fsp3) is 0.469. The molecule has 3 aromatic rings. The Bertz CT molecular complexity index is 1340. The maximum atomic E-state index is 13.6. The number of aryl methyl sites for hydroxylation is 2. The fourth-order valence-corrected chi connectivity index (χ4v) is 6.60. The Morgan fingerprint density at radius 2 is 1.66 bits per heavy atom. The first-order chi connectivity index (χ1) is 20.0. The van der Waals surface area contributed by atoms with Crippen molar-refractivity contribution >= 4 is 11.8 Å². The molecular formula is C32H38N6O3. The van der Waals surface area contributed by atoms with E-state index in [1.165, 1.54) is 0 Å². The minimum atomic E-state index is -0.0552. The Balaban J connectivity index is 1.06. The summed E-state index contributed by atoms with van der Waals surface area (Å²) >= 11 is 0. The number of pyridine rings is 1. The van der Waals surface area contributed by atoms with Crippen molar-refractivity contribution < 1.29 is 14.3 Å². The lowest BCUT2D eigenvalue weighted by Crippen LogP contribution is -2.37. The standard InChI is InChI=1S/C32H38N6O3/c1-21-29(22(2)35-30(34-21)24-8-12-33-13-9-24)32(40)38-18-26-16-37(17-27(26)19-38)14-10-28(23-6-4-3-5-7-23)36-31(39)25-11-15-41-20-25/h3-9,12-13,25-28H,10-11,14-20H2,1-2H3,(H,36,39)/t25?,26-,27?,28?/m0/s1. The monoisotopic (exact) mass is 554 g/mol. The number of aromatic nitrogens is 3. The molecular weight excluding hydrogens is 516 g/mol. The number of benzene rings is 1. The third kappa shape index (κ3) is 6.01. The molecule has 3 unspecified atom stereocenters. The molecule has 0 aliphatic carbocycles. The van der Waals surface area contributed by atoms with Crippen LogP contribution in [0.25, 0.3) is 11.4 Å². The van der Waals surface area contributed by atoms with E-state index in [1.807, 2.05) is 49.1 Å². The largest absolute Gasteiger partial charge is 0.381 e. The van der Waals surface area contributed by atoms with Crippen molar-refractivity contribution in [2.75, 3.05) is 45.9 Å². The van der Waals surface area contributed by atoms with Crippen molar-refractivity contribution in [1.29, 1.82) is 0 Å². The Labute approximate surface area is 241 Å². The smallest absolute Gasteiger partial charge is 0.257 e. The summed E-state index contributed by atoms with van der Waals surface area (Å²) < 4.78 is 5.43. The molecule has 9 nitrogen and oxygen atoms in total. The molecule has 1 N–H and O–H groups in total. The molecule has 3 fully saturated rings. The van der Waals surface area contributed by atoms with Gasteiger partial charge in [0.2, 0.25) is 5.91 Å². The van der Waals surface area contributed by atoms with Gasteiger partial charge in [-0.15, -0.1) is 0 Å². The SMILES string of the molecule is Cc1nc(-c2ccncc2)nc(C)c1C(=O)N1CC2CN(CCC(NC(=O)C3CCOC3)c3ccccc3)C[C@H]2C1. The summed E-state index contributed by atoms with van der Waals surface area (Å²) in [6, 6.07) is 14.0. The molecule has 3 saturated heterocycles. The molecule has 3 aliphatic heterocycles. The number of likely N-dealkylation sites (tertiary alicyclic amines) is 2. The molecule has 9 heteroatoms. The van der Waals surface area contributed by atoms with Crippen LogP contribution < -0.4 is 5.32 Å². The van der Waals surface area contributed by atoms with Crippen molar-refractivity contribution in [2.45, 2.75) is 32.7 Å². The predicted molar refractivity (Wildman–Crippen MR) is 155 cm³/mol. The van der Waals surface area contributed by atoms with Gasteiger partial charge in [0, 0.05) is 57.3 Å². The Hall–Kier alpha value is -3.69. The van der Waals surface area contributed by atoms with Crippen LogP contribution in [0.15, 0.2) is 54.9 Å². The predicted octanol–water partition coefficient (Wildman–Crippen LogP) is 3.44. The molecule has 41 heavy (non-hydrogen) atoms. The van der Waals surface area contributed by atoms with E-state index in [-0.39, 0.29) is 23.8 Å². The average Bonchev–Trinajstić information content (AvgIpc) is 3.73. The van der Waals surface area contributed by atoms with Crippen LogP contribution in [0.2, 0.25) is 0 Å². The van der Waals surface area contributed by atoms with Gasteiger partial charge in [0.25, 0.3) is 5.91 Å². The molecule has 6 rings (SSSR count). The van der Waals surface area contributed by atoms with E-state index in [2.05, 4.69) is 37.3 Å². The number of amides is 2. The number of hydrogen-bond donors (Lipinski definition) is 1. The number of ether oxygens (including phenoxy) is 1. The molecule has 1 aromatic carbocycles. The molecule has 2 aromatic heterocycles. The van der Waals surface area contributed by atoms with Gasteiger partial charge >= 0.3 is 0 Å². The summed E-state index contributed by atoms with van der Waals surface area (Å²) in [4.78, 5) is 44.4. The third-order valence-corrected chi connectivity index (χ3v) is 8.83. The highest BCUT2D eigenvalue weighted by molar-refractivity contribution is 5.96. The summed E-state index contributed by atoms with van der Waals surface area (Å²) in [7, 11) is 0. The van der Waals surface area contributed by atoms with E-state index < -0.39 is 0 Å². The summed E-state index contributed by atoms with van der Waals surface area (Å²) in [5.41, 5.74) is 4.08. The van der Waals surface area contributed by atoms with Crippen molar-refractivity contribution in [2.24, 2.45) is 17.8 Å². The normalized spacial score (nSPS) is 23.0. The third-order valence-electron chi connectivity index (χ3n) is 8.83. The van der Waals surface area contributed by atoms with Crippen molar-refractivity contribution in [3.8, 4) is 11.4 Å². The maximum absolute atomic E-state index is 13.6. The fourth-order valence-electron chi connectivity index (χ4n) is 6.60. The van der Waals surface area contributed by atoms with E-state index in [1.54, 1.807) is 12.4 Å². The van der Waals surface area contributed by atoms with Gasteiger partial charge in [0.05, 0.1) is 35.5 Å². The number of fused-ring (bicyclic) bond motifs is 1. The zero-order valence-electron chi connectivity index (χ0n) is 23.8. The molecule has 3 aliphatic rings. The van der Waals surface area contributed by atoms with E-state index in [0.29, 0.717) is 47.8 Å². The van der Waals surface area contributed by atoms with Gasteiger partial charge in [-0.2, -0.15) is 0 Å². The zero-order chi connectivity index (χ0) is 28.3. The van der Waals surface area contributed by atoms with Crippen LogP contribution in [0.4, 0.5) is 0 Å². The number of rotatable bonds is 8. The van der Waals surface area contributed by atoms with Gasteiger partial charge in [-0.05, 0) is 56.2 Å². The first-order valence-corrected chi connectivity index (χ1v) is 14.7.